The second kappa shape index (κ2) is 5.57. The lowest BCUT2D eigenvalue weighted by atomic mass is 9.44. The van der Waals surface area contributed by atoms with Crippen LogP contribution in [0.25, 0.3) is 0 Å². The third-order valence-electron chi connectivity index (χ3n) is 9.38. The molecule has 0 heterocycles. The molecule has 4 rings (SSSR count). The average Bonchev–Trinajstić information content (AvgIpc) is 2.79. The van der Waals surface area contributed by atoms with Crippen LogP contribution >= 0.6 is 0 Å². The van der Waals surface area contributed by atoms with Crippen LogP contribution in [0.1, 0.15) is 85.5 Å². The van der Waals surface area contributed by atoms with Gasteiger partial charge < -0.3 is 4.74 Å². The van der Waals surface area contributed by atoms with E-state index in [1.54, 1.807) is 6.92 Å². The summed E-state index contributed by atoms with van der Waals surface area (Å²) in [6.07, 6.45) is 9.83. The molecule has 0 bridgehead atoms. The van der Waals surface area contributed by atoms with Crippen LogP contribution in [-0.4, -0.2) is 17.4 Å². The minimum Gasteiger partial charge on any atom is -0.459 e. The van der Waals surface area contributed by atoms with Crippen molar-refractivity contribution in [3.05, 3.63) is 0 Å². The Hall–Kier alpha value is -0.860. The lowest BCUT2D eigenvalue weighted by molar-refractivity contribution is -0.183. The molecular weight excluding hydrogens is 312 g/mol. The Bertz CT molecular complexity index is 598. The molecule has 0 aromatic rings. The number of esters is 1. The number of fused-ring (bicyclic) bond motifs is 5. The Labute approximate surface area is 152 Å². The van der Waals surface area contributed by atoms with E-state index >= 15 is 0 Å². The third-order valence-corrected chi connectivity index (χ3v) is 9.38. The SMILES string of the molecule is CC(=O)O[C@@]1(C)CCC2C3CC[C@H]4CC(=O)CCC4(C)C3CCC21C. The summed E-state index contributed by atoms with van der Waals surface area (Å²) in [4.78, 5) is 23.7. The third kappa shape index (κ3) is 2.36. The van der Waals surface area contributed by atoms with Crippen molar-refractivity contribution in [2.45, 2.75) is 91.1 Å². The summed E-state index contributed by atoms with van der Waals surface area (Å²) in [7, 11) is 0. The maximum absolute atomic E-state index is 12.0. The molecule has 4 aliphatic rings. The number of rotatable bonds is 1. The van der Waals surface area contributed by atoms with Gasteiger partial charge in [-0.15, -0.1) is 0 Å². The van der Waals surface area contributed by atoms with Crippen LogP contribution in [0.4, 0.5) is 0 Å². The monoisotopic (exact) mass is 346 g/mol. The smallest absolute Gasteiger partial charge is 0.303 e. The quantitative estimate of drug-likeness (QED) is 0.633. The Kier molecular flexibility index (Phi) is 3.91. The number of carbonyl (C=O) groups excluding carboxylic acids is 2. The molecule has 4 saturated carbocycles. The number of ketones is 1. The van der Waals surface area contributed by atoms with Crippen molar-refractivity contribution in [3.63, 3.8) is 0 Å². The highest BCUT2D eigenvalue weighted by Crippen LogP contribution is 2.68. The summed E-state index contributed by atoms with van der Waals surface area (Å²) < 4.78 is 5.91. The maximum atomic E-state index is 12.0. The van der Waals surface area contributed by atoms with Crippen molar-refractivity contribution in [1.29, 1.82) is 0 Å². The molecule has 0 aromatic carbocycles. The molecule has 0 amide bonds. The van der Waals surface area contributed by atoms with E-state index in [0.717, 1.165) is 37.5 Å². The summed E-state index contributed by atoms with van der Waals surface area (Å²) in [6.45, 7) is 8.62. The van der Waals surface area contributed by atoms with Crippen LogP contribution in [0.3, 0.4) is 0 Å². The van der Waals surface area contributed by atoms with Crippen molar-refractivity contribution >= 4 is 11.8 Å². The standard InChI is InChI=1S/C22H34O3/c1-14(23)25-22(4)12-9-19-17-6-5-15-13-16(24)7-10-20(15,2)18(17)8-11-21(19,22)3/h15,17-19H,5-13H2,1-4H3/t15-,17?,18?,19?,20?,21?,22-/m0/s1. The largest absolute Gasteiger partial charge is 0.459 e. The Morgan fingerprint density at radius 1 is 1.00 bits per heavy atom. The summed E-state index contributed by atoms with van der Waals surface area (Å²) in [5.74, 6) is 3.16. The zero-order valence-electron chi connectivity index (χ0n) is 16.4. The van der Waals surface area contributed by atoms with E-state index < -0.39 is 0 Å². The molecule has 4 aliphatic carbocycles. The highest BCUT2D eigenvalue weighted by molar-refractivity contribution is 5.79. The zero-order chi connectivity index (χ0) is 18.0. The second-order valence-electron chi connectivity index (χ2n) is 10.2. The fourth-order valence-electron chi connectivity index (χ4n) is 7.76. The Balaban J connectivity index is 1.62. The molecule has 0 spiro atoms. The predicted molar refractivity (Wildman–Crippen MR) is 96.9 cm³/mol. The number of hydrogen-bond donors (Lipinski definition) is 0. The van der Waals surface area contributed by atoms with E-state index in [0.29, 0.717) is 23.0 Å². The van der Waals surface area contributed by atoms with Crippen molar-refractivity contribution < 1.29 is 14.3 Å². The van der Waals surface area contributed by atoms with E-state index in [9.17, 15) is 9.59 Å². The predicted octanol–water partition coefficient (Wildman–Crippen LogP) is 4.92. The molecule has 3 heteroatoms. The molecule has 140 valence electrons. The molecule has 0 saturated heterocycles. The van der Waals surface area contributed by atoms with Crippen LogP contribution in [0.5, 0.6) is 0 Å². The zero-order valence-corrected chi connectivity index (χ0v) is 16.4. The van der Waals surface area contributed by atoms with E-state index in [4.69, 9.17) is 4.74 Å². The van der Waals surface area contributed by atoms with Gasteiger partial charge in [-0.3, -0.25) is 9.59 Å². The van der Waals surface area contributed by atoms with Gasteiger partial charge in [0.05, 0.1) is 0 Å². The Morgan fingerprint density at radius 3 is 2.44 bits per heavy atom. The van der Waals surface area contributed by atoms with Crippen LogP contribution in [0.2, 0.25) is 0 Å². The number of Topliss-reactive ketones (excluding diaryl/α,β-unsaturated/α-hetero) is 1. The molecule has 0 radical (unpaired) electrons. The van der Waals surface area contributed by atoms with Crippen LogP contribution < -0.4 is 0 Å². The normalized spacial score (nSPS) is 52.1. The molecule has 7 atom stereocenters. The highest BCUT2D eigenvalue weighted by Gasteiger charge is 2.64. The average molecular weight is 347 g/mol. The van der Waals surface area contributed by atoms with Gasteiger partial charge in [0.25, 0.3) is 0 Å². The van der Waals surface area contributed by atoms with Gasteiger partial charge in [-0.1, -0.05) is 13.8 Å². The lowest BCUT2D eigenvalue weighted by Gasteiger charge is -2.61. The van der Waals surface area contributed by atoms with E-state index in [2.05, 4.69) is 20.8 Å². The van der Waals surface area contributed by atoms with Gasteiger partial charge in [0.15, 0.2) is 0 Å². The Morgan fingerprint density at radius 2 is 1.72 bits per heavy atom. The number of hydrogen-bond acceptors (Lipinski definition) is 3. The van der Waals surface area contributed by atoms with Crippen LogP contribution in [0, 0.1) is 34.5 Å². The first-order valence-corrected chi connectivity index (χ1v) is 10.4. The van der Waals surface area contributed by atoms with Crippen LogP contribution in [-0.2, 0) is 14.3 Å². The minimum atomic E-state index is -0.297. The fraction of sp³-hybridized carbons (Fsp3) is 0.909. The van der Waals surface area contributed by atoms with E-state index in [-0.39, 0.29) is 17.0 Å². The molecule has 4 fully saturated rings. The molecular formula is C22H34O3. The highest BCUT2D eigenvalue weighted by atomic mass is 16.6. The molecule has 0 N–H and O–H groups in total. The van der Waals surface area contributed by atoms with Crippen LogP contribution in [0.15, 0.2) is 0 Å². The van der Waals surface area contributed by atoms with Gasteiger partial charge in [0.1, 0.15) is 11.4 Å². The van der Waals surface area contributed by atoms with E-state index in [1.165, 1.54) is 32.1 Å². The van der Waals surface area contributed by atoms with Gasteiger partial charge in [-0.25, -0.2) is 0 Å². The minimum absolute atomic E-state index is 0.119. The number of ether oxygens (including phenoxy) is 1. The molecule has 25 heavy (non-hydrogen) atoms. The summed E-state index contributed by atoms with van der Waals surface area (Å²) in [5, 5.41) is 0. The summed E-state index contributed by atoms with van der Waals surface area (Å²) in [6, 6.07) is 0. The van der Waals surface area contributed by atoms with Crippen molar-refractivity contribution in [1.82, 2.24) is 0 Å². The van der Waals surface area contributed by atoms with Gasteiger partial charge in [-0.2, -0.15) is 0 Å². The first kappa shape index (κ1) is 17.5. The first-order valence-electron chi connectivity index (χ1n) is 10.4. The molecule has 5 unspecified atom stereocenters. The molecule has 0 aromatic heterocycles. The number of carbonyl (C=O) groups is 2. The fourth-order valence-corrected chi connectivity index (χ4v) is 7.76. The molecule has 0 aliphatic heterocycles. The van der Waals surface area contributed by atoms with Crippen molar-refractivity contribution in [2.24, 2.45) is 34.5 Å². The van der Waals surface area contributed by atoms with Gasteiger partial charge >= 0.3 is 5.97 Å². The topological polar surface area (TPSA) is 43.4 Å². The summed E-state index contributed by atoms with van der Waals surface area (Å²) in [5.41, 5.74) is 0.181. The van der Waals surface area contributed by atoms with Crippen molar-refractivity contribution in [3.8, 4) is 0 Å². The lowest BCUT2D eigenvalue weighted by Crippen LogP contribution is -2.56. The van der Waals surface area contributed by atoms with Gasteiger partial charge in [0, 0.05) is 25.2 Å². The van der Waals surface area contributed by atoms with Gasteiger partial charge in [0.2, 0.25) is 0 Å². The summed E-state index contributed by atoms with van der Waals surface area (Å²) >= 11 is 0. The second-order valence-corrected chi connectivity index (χ2v) is 10.2. The molecule has 3 nitrogen and oxygen atoms in total. The maximum Gasteiger partial charge on any atom is 0.303 e. The van der Waals surface area contributed by atoms with Crippen molar-refractivity contribution in [2.75, 3.05) is 0 Å². The first-order chi connectivity index (χ1) is 11.7. The van der Waals surface area contributed by atoms with Gasteiger partial charge in [-0.05, 0) is 81.0 Å². The van der Waals surface area contributed by atoms with E-state index in [1.807, 2.05) is 0 Å².